The third-order valence-electron chi connectivity index (χ3n) is 3.65. The molecule has 1 N–H and O–H groups in total. The molecule has 1 atom stereocenters. The Morgan fingerprint density at radius 1 is 1.29 bits per heavy atom. The van der Waals surface area contributed by atoms with Gasteiger partial charge in [-0.2, -0.15) is 0 Å². The Kier molecular flexibility index (Phi) is 5.41. The highest BCUT2D eigenvalue weighted by Gasteiger charge is 2.19. The van der Waals surface area contributed by atoms with Crippen molar-refractivity contribution in [3.63, 3.8) is 0 Å². The molecule has 0 saturated heterocycles. The molecule has 2 rings (SSSR count). The number of hydrogen-bond donors (Lipinski definition) is 1. The van der Waals surface area contributed by atoms with Crippen LogP contribution in [0.4, 0.5) is 11.4 Å². The summed E-state index contributed by atoms with van der Waals surface area (Å²) in [6.45, 7) is 5.46. The zero-order valence-electron chi connectivity index (χ0n) is 13.5. The molecular formula is C17H17ClN2O4. The highest BCUT2D eigenvalue weighted by Crippen LogP contribution is 2.27. The number of carbonyl (C=O) groups is 1. The molecule has 0 aliphatic carbocycles. The molecular weight excluding hydrogens is 332 g/mol. The van der Waals surface area contributed by atoms with E-state index in [1.807, 2.05) is 26.0 Å². The monoisotopic (exact) mass is 348 g/mol. The van der Waals surface area contributed by atoms with E-state index in [9.17, 15) is 14.9 Å². The van der Waals surface area contributed by atoms with Crippen molar-refractivity contribution in [3.8, 4) is 5.75 Å². The number of rotatable bonds is 5. The molecule has 1 amide bonds. The Bertz CT molecular complexity index is 792. The predicted molar refractivity (Wildman–Crippen MR) is 92.7 cm³/mol. The van der Waals surface area contributed by atoms with Crippen molar-refractivity contribution < 1.29 is 14.5 Å². The van der Waals surface area contributed by atoms with Gasteiger partial charge in [-0.3, -0.25) is 14.9 Å². The summed E-state index contributed by atoms with van der Waals surface area (Å²) >= 11 is 5.98. The maximum Gasteiger partial charge on any atom is 0.271 e. The maximum atomic E-state index is 12.3. The van der Waals surface area contributed by atoms with Crippen molar-refractivity contribution in [2.45, 2.75) is 26.9 Å². The van der Waals surface area contributed by atoms with Crippen molar-refractivity contribution >= 4 is 28.9 Å². The van der Waals surface area contributed by atoms with Crippen LogP contribution in [0.3, 0.4) is 0 Å². The molecule has 6 nitrogen and oxygen atoms in total. The molecule has 0 aromatic heterocycles. The summed E-state index contributed by atoms with van der Waals surface area (Å²) in [5.74, 6) is 0.168. The van der Waals surface area contributed by atoms with Gasteiger partial charge in [0.2, 0.25) is 0 Å². The van der Waals surface area contributed by atoms with Crippen LogP contribution in [0.1, 0.15) is 18.1 Å². The number of amides is 1. The molecule has 0 unspecified atom stereocenters. The summed E-state index contributed by atoms with van der Waals surface area (Å²) in [5, 5.41) is 13.6. The Morgan fingerprint density at radius 3 is 2.67 bits per heavy atom. The molecule has 24 heavy (non-hydrogen) atoms. The SMILES string of the molecule is Cc1cccc(O[C@H](C)C(=O)Nc2cc([N+](=O)[O-])ccc2Cl)c1C. The molecule has 0 heterocycles. The van der Waals surface area contributed by atoms with Crippen molar-refractivity contribution in [3.05, 3.63) is 62.7 Å². The van der Waals surface area contributed by atoms with Crippen molar-refractivity contribution in [1.82, 2.24) is 0 Å². The molecule has 0 spiro atoms. The van der Waals surface area contributed by atoms with Crippen molar-refractivity contribution in [1.29, 1.82) is 0 Å². The molecule has 0 fully saturated rings. The molecule has 7 heteroatoms. The lowest BCUT2D eigenvalue weighted by molar-refractivity contribution is -0.384. The maximum absolute atomic E-state index is 12.3. The van der Waals surface area contributed by atoms with E-state index in [2.05, 4.69) is 5.32 Å². The van der Waals surface area contributed by atoms with Crippen LogP contribution in [0.5, 0.6) is 5.75 Å². The van der Waals surface area contributed by atoms with Crippen LogP contribution < -0.4 is 10.1 Å². The van der Waals surface area contributed by atoms with Gasteiger partial charge in [-0.15, -0.1) is 0 Å². The van der Waals surface area contributed by atoms with Gasteiger partial charge in [0.25, 0.3) is 11.6 Å². The van der Waals surface area contributed by atoms with E-state index >= 15 is 0 Å². The number of nitro benzene ring substituents is 1. The number of non-ortho nitro benzene ring substituents is 1. The van der Waals surface area contributed by atoms with Gasteiger partial charge < -0.3 is 10.1 Å². The highest BCUT2D eigenvalue weighted by atomic mass is 35.5. The predicted octanol–water partition coefficient (Wildman–Crippen LogP) is 4.27. The number of nitrogens with one attached hydrogen (secondary N) is 1. The Hall–Kier alpha value is -2.60. The van der Waals surface area contributed by atoms with Crippen LogP contribution in [-0.4, -0.2) is 16.9 Å². The Balaban J connectivity index is 2.13. The minimum absolute atomic E-state index is 0.155. The van der Waals surface area contributed by atoms with E-state index < -0.39 is 16.9 Å². The number of nitrogens with zero attached hydrogens (tertiary/aromatic N) is 1. The highest BCUT2D eigenvalue weighted by molar-refractivity contribution is 6.33. The zero-order valence-corrected chi connectivity index (χ0v) is 14.3. The number of anilines is 1. The van der Waals surface area contributed by atoms with Gasteiger partial charge in [-0.25, -0.2) is 0 Å². The van der Waals surface area contributed by atoms with E-state index in [0.29, 0.717) is 5.75 Å². The standard InChI is InChI=1S/C17H17ClN2O4/c1-10-5-4-6-16(11(10)2)24-12(3)17(21)19-15-9-13(20(22)23)7-8-14(15)18/h4-9,12H,1-3H3,(H,19,21)/t12-/m1/s1. The second-order valence-electron chi connectivity index (χ2n) is 5.37. The number of ether oxygens (including phenoxy) is 1. The van der Waals surface area contributed by atoms with Crippen LogP contribution >= 0.6 is 11.6 Å². The van der Waals surface area contributed by atoms with Gasteiger partial charge in [0.15, 0.2) is 6.10 Å². The number of benzene rings is 2. The zero-order chi connectivity index (χ0) is 17.9. The van der Waals surface area contributed by atoms with E-state index in [-0.39, 0.29) is 16.4 Å². The lowest BCUT2D eigenvalue weighted by Gasteiger charge is -2.17. The molecule has 0 saturated carbocycles. The fourth-order valence-electron chi connectivity index (χ4n) is 2.05. The molecule has 2 aromatic carbocycles. The van der Waals surface area contributed by atoms with Crippen LogP contribution in [-0.2, 0) is 4.79 Å². The topological polar surface area (TPSA) is 81.5 Å². The summed E-state index contributed by atoms with van der Waals surface area (Å²) in [6.07, 6.45) is -0.791. The summed E-state index contributed by atoms with van der Waals surface area (Å²) in [7, 11) is 0. The van der Waals surface area contributed by atoms with Gasteiger partial charge in [-0.05, 0) is 44.0 Å². The molecule has 126 valence electrons. The van der Waals surface area contributed by atoms with Crippen LogP contribution in [0, 0.1) is 24.0 Å². The third kappa shape index (κ3) is 4.02. The van der Waals surface area contributed by atoms with Crippen molar-refractivity contribution in [2.75, 3.05) is 5.32 Å². The molecule has 2 aromatic rings. The van der Waals surface area contributed by atoms with E-state index in [1.165, 1.54) is 18.2 Å². The molecule has 0 bridgehead atoms. The van der Waals surface area contributed by atoms with Gasteiger partial charge in [0.1, 0.15) is 5.75 Å². The van der Waals surface area contributed by atoms with Crippen LogP contribution in [0.25, 0.3) is 0 Å². The molecule has 0 aliphatic heterocycles. The minimum atomic E-state index is -0.791. The van der Waals surface area contributed by atoms with Gasteiger partial charge >= 0.3 is 0 Å². The second-order valence-corrected chi connectivity index (χ2v) is 5.78. The number of aryl methyl sites for hydroxylation is 1. The fraction of sp³-hybridized carbons (Fsp3) is 0.235. The minimum Gasteiger partial charge on any atom is -0.481 e. The number of halogens is 1. The summed E-state index contributed by atoms with van der Waals surface area (Å²) in [6, 6.07) is 9.44. The quantitative estimate of drug-likeness (QED) is 0.646. The second kappa shape index (κ2) is 7.31. The van der Waals surface area contributed by atoms with E-state index in [4.69, 9.17) is 16.3 Å². The number of carbonyl (C=O) groups excluding carboxylic acids is 1. The Morgan fingerprint density at radius 2 is 2.00 bits per heavy atom. The van der Waals surface area contributed by atoms with Crippen LogP contribution in [0.2, 0.25) is 5.02 Å². The van der Waals surface area contributed by atoms with E-state index in [0.717, 1.165) is 11.1 Å². The van der Waals surface area contributed by atoms with Gasteiger partial charge in [-0.1, -0.05) is 23.7 Å². The summed E-state index contributed by atoms with van der Waals surface area (Å²) < 4.78 is 5.69. The normalized spacial score (nSPS) is 11.7. The average Bonchev–Trinajstić information content (AvgIpc) is 2.53. The van der Waals surface area contributed by atoms with E-state index in [1.54, 1.807) is 13.0 Å². The lowest BCUT2D eigenvalue weighted by Crippen LogP contribution is -2.30. The van der Waals surface area contributed by atoms with Gasteiger partial charge in [0, 0.05) is 12.1 Å². The first-order chi connectivity index (χ1) is 11.3. The first-order valence-corrected chi connectivity index (χ1v) is 7.65. The molecule has 0 radical (unpaired) electrons. The molecule has 0 aliphatic rings. The Labute approximate surface area is 144 Å². The number of nitro groups is 1. The summed E-state index contributed by atoms with van der Waals surface area (Å²) in [5.41, 5.74) is 2.03. The summed E-state index contributed by atoms with van der Waals surface area (Å²) in [4.78, 5) is 22.5. The van der Waals surface area contributed by atoms with Crippen LogP contribution in [0.15, 0.2) is 36.4 Å². The smallest absolute Gasteiger partial charge is 0.271 e. The lowest BCUT2D eigenvalue weighted by atomic mass is 10.1. The van der Waals surface area contributed by atoms with Gasteiger partial charge in [0.05, 0.1) is 15.6 Å². The first-order valence-electron chi connectivity index (χ1n) is 7.27. The third-order valence-corrected chi connectivity index (χ3v) is 3.98. The van der Waals surface area contributed by atoms with Crippen molar-refractivity contribution in [2.24, 2.45) is 0 Å². The first kappa shape index (κ1) is 17.7. The fourth-order valence-corrected chi connectivity index (χ4v) is 2.22. The number of hydrogen-bond acceptors (Lipinski definition) is 4. The average molecular weight is 349 g/mol. The largest absolute Gasteiger partial charge is 0.481 e.